The Morgan fingerprint density at radius 3 is 2.41 bits per heavy atom. The van der Waals surface area contributed by atoms with Crippen molar-refractivity contribution in [3.8, 4) is 0 Å². The maximum absolute atomic E-state index is 3.57. The number of rotatable bonds is 9. The maximum Gasteiger partial charge on any atom is 0.0107 e. The molecule has 17 heavy (non-hydrogen) atoms. The lowest BCUT2D eigenvalue weighted by atomic mass is 9.82. The molecular weight excluding hydrogens is 208 g/mol. The molecule has 102 valence electrons. The molecule has 0 spiro atoms. The third-order valence-electron chi connectivity index (χ3n) is 4.58. The van der Waals surface area contributed by atoms with E-state index in [1.54, 1.807) is 0 Å². The minimum Gasteiger partial charge on any atom is -0.315 e. The lowest BCUT2D eigenvalue weighted by Crippen LogP contribution is -2.33. The summed E-state index contributed by atoms with van der Waals surface area (Å²) in [5.41, 5.74) is 0.641. The van der Waals surface area contributed by atoms with Crippen LogP contribution in [0.5, 0.6) is 0 Å². The van der Waals surface area contributed by atoms with Crippen LogP contribution in [0, 0.1) is 5.41 Å². The van der Waals surface area contributed by atoms with Gasteiger partial charge in [-0.3, -0.25) is 0 Å². The molecule has 1 aliphatic heterocycles. The first-order valence-electron chi connectivity index (χ1n) is 7.69. The van der Waals surface area contributed by atoms with Gasteiger partial charge in [-0.1, -0.05) is 33.6 Å². The summed E-state index contributed by atoms with van der Waals surface area (Å²) < 4.78 is 0. The Hall–Kier alpha value is -0.0800. The van der Waals surface area contributed by atoms with Crippen molar-refractivity contribution in [3.63, 3.8) is 0 Å². The second-order valence-corrected chi connectivity index (χ2v) is 5.69. The summed E-state index contributed by atoms with van der Waals surface area (Å²) in [5.74, 6) is 0. The number of nitrogens with one attached hydrogen (secondary N) is 1. The van der Waals surface area contributed by atoms with E-state index in [9.17, 15) is 0 Å². The summed E-state index contributed by atoms with van der Waals surface area (Å²) in [6, 6.07) is 0. The normalized spacial score (nSPS) is 19.9. The molecule has 0 bridgehead atoms. The number of unbranched alkanes of at least 4 members (excludes halogenated alkanes) is 2. The maximum atomic E-state index is 3.57. The van der Waals surface area contributed by atoms with Gasteiger partial charge in [0.15, 0.2) is 0 Å². The van der Waals surface area contributed by atoms with Gasteiger partial charge < -0.3 is 10.2 Å². The molecular formula is C15H32N2. The minimum atomic E-state index is 0.641. The van der Waals surface area contributed by atoms with Crippen LogP contribution in [0.15, 0.2) is 0 Å². The predicted molar refractivity (Wildman–Crippen MR) is 76.5 cm³/mol. The lowest BCUT2D eigenvalue weighted by Gasteiger charge is -2.26. The third-order valence-corrected chi connectivity index (χ3v) is 4.58. The fraction of sp³-hybridized carbons (Fsp3) is 1.00. The van der Waals surface area contributed by atoms with Crippen LogP contribution in [0.3, 0.4) is 0 Å². The van der Waals surface area contributed by atoms with E-state index in [2.05, 4.69) is 31.0 Å². The quantitative estimate of drug-likeness (QED) is 0.622. The van der Waals surface area contributed by atoms with Crippen LogP contribution in [0.25, 0.3) is 0 Å². The highest BCUT2D eigenvalue weighted by Gasteiger charge is 2.34. The highest BCUT2D eigenvalue weighted by atomic mass is 15.2. The molecule has 0 aromatic carbocycles. The summed E-state index contributed by atoms with van der Waals surface area (Å²) in [5, 5.41) is 3.57. The van der Waals surface area contributed by atoms with E-state index >= 15 is 0 Å². The van der Waals surface area contributed by atoms with Crippen LogP contribution >= 0.6 is 0 Å². The van der Waals surface area contributed by atoms with E-state index < -0.39 is 0 Å². The standard InChI is InChI=1S/C15H32N2/c1-4-7-8-10-16-11-13-17-12-9-15(5-2,6-3)14-17/h16H,4-14H2,1-3H3. The molecule has 1 heterocycles. The molecule has 0 aromatic heterocycles. The molecule has 2 heteroatoms. The second-order valence-electron chi connectivity index (χ2n) is 5.69. The van der Waals surface area contributed by atoms with Gasteiger partial charge in [-0.05, 0) is 44.2 Å². The number of hydrogen-bond donors (Lipinski definition) is 1. The van der Waals surface area contributed by atoms with Crippen LogP contribution < -0.4 is 5.32 Å². The first-order valence-corrected chi connectivity index (χ1v) is 7.69. The zero-order valence-corrected chi connectivity index (χ0v) is 12.2. The van der Waals surface area contributed by atoms with Crippen molar-refractivity contribution in [2.24, 2.45) is 5.41 Å². The van der Waals surface area contributed by atoms with E-state index in [4.69, 9.17) is 0 Å². The van der Waals surface area contributed by atoms with Crippen molar-refractivity contribution in [1.29, 1.82) is 0 Å². The molecule has 0 saturated carbocycles. The van der Waals surface area contributed by atoms with Crippen molar-refractivity contribution in [3.05, 3.63) is 0 Å². The molecule has 1 N–H and O–H groups in total. The van der Waals surface area contributed by atoms with Crippen molar-refractivity contribution in [2.45, 2.75) is 59.3 Å². The van der Waals surface area contributed by atoms with E-state index in [1.807, 2.05) is 0 Å². The molecule has 0 radical (unpaired) electrons. The van der Waals surface area contributed by atoms with Gasteiger partial charge in [0, 0.05) is 19.6 Å². The smallest absolute Gasteiger partial charge is 0.0107 e. The molecule has 1 aliphatic rings. The Balaban J connectivity index is 2.06. The monoisotopic (exact) mass is 240 g/mol. The van der Waals surface area contributed by atoms with Crippen LogP contribution in [0.1, 0.15) is 59.3 Å². The van der Waals surface area contributed by atoms with Gasteiger partial charge in [-0.25, -0.2) is 0 Å². The van der Waals surface area contributed by atoms with Gasteiger partial charge in [0.1, 0.15) is 0 Å². The van der Waals surface area contributed by atoms with Crippen molar-refractivity contribution in [2.75, 3.05) is 32.7 Å². The summed E-state index contributed by atoms with van der Waals surface area (Å²) in [6.45, 7) is 13.2. The van der Waals surface area contributed by atoms with E-state index in [1.165, 1.54) is 71.2 Å². The average molecular weight is 240 g/mol. The van der Waals surface area contributed by atoms with Gasteiger partial charge in [-0.15, -0.1) is 0 Å². The highest BCUT2D eigenvalue weighted by Crippen LogP contribution is 2.36. The molecule has 0 amide bonds. The Morgan fingerprint density at radius 1 is 1.06 bits per heavy atom. The molecule has 1 fully saturated rings. The minimum absolute atomic E-state index is 0.641. The largest absolute Gasteiger partial charge is 0.315 e. The summed E-state index contributed by atoms with van der Waals surface area (Å²) in [7, 11) is 0. The molecule has 0 atom stereocenters. The molecule has 0 unspecified atom stereocenters. The molecule has 0 aromatic rings. The lowest BCUT2D eigenvalue weighted by molar-refractivity contribution is 0.240. The Morgan fingerprint density at radius 2 is 1.82 bits per heavy atom. The number of hydrogen-bond acceptors (Lipinski definition) is 2. The first kappa shape index (κ1) is 15.0. The number of likely N-dealkylation sites (tertiary alicyclic amines) is 1. The average Bonchev–Trinajstić information content (AvgIpc) is 2.78. The Labute approximate surface area is 108 Å². The van der Waals surface area contributed by atoms with Gasteiger partial charge in [-0.2, -0.15) is 0 Å². The van der Waals surface area contributed by atoms with Crippen LogP contribution in [-0.4, -0.2) is 37.6 Å². The van der Waals surface area contributed by atoms with Crippen LogP contribution in [0.2, 0.25) is 0 Å². The van der Waals surface area contributed by atoms with Crippen LogP contribution in [-0.2, 0) is 0 Å². The zero-order chi connectivity index (χ0) is 12.6. The van der Waals surface area contributed by atoms with Crippen molar-refractivity contribution in [1.82, 2.24) is 10.2 Å². The van der Waals surface area contributed by atoms with Crippen LogP contribution in [0.4, 0.5) is 0 Å². The highest BCUT2D eigenvalue weighted by molar-refractivity contribution is 4.87. The van der Waals surface area contributed by atoms with E-state index in [0.29, 0.717) is 5.41 Å². The van der Waals surface area contributed by atoms with Gasteiger partial charge >= 0.3 is 0 Å². The third kappa shape index (κ3) is 4.97. The SMILES string of the molecule is CCCCCNCCN1CCC(CC)(CC)C1. The van der Waals surface area contributed by atoms with E-state index in [0.717, 1.165) is 0 Å². The Bertz CT molecular complexity index is 187. The van der Waals surface area contributed by atoms with Gasteiger partial charge in [0.25, 0.3) is 0 Å². The molecule has 0 aliphatic carbocycles. The fourth-order valence-electron chi connectivity index (χ4n) is 2.91. The summed E-state index contributed by atoms with van der Waals surface area (Å²) in [6.07, 6.45) is 8.14. The summed E-state index contributed by atoms with van der Waals surface area (Å²) >= 11 is 0. The first-order chi connectivity index (χ1) is 8.26. The second kappa shape index (κ2) is 8.10. The number of nitrogens with zero attached hydrogens (tertiary/aromatic N) is 1. The fourth-order valence-corrected chi connectivity index (χ4v) is 2.91. The molecule has 2 nitrogen and oxygen atoms in total. The van der Waals surface area contributed by atoms with Crippen molar-refractivity contribution < 1.29 is 0 Å². The van der Waals surface area contributed by atoms with Gasteiger partial charge in [0.2, 0.25) is 0 Å². The molecule has 1 rings (SSSR count). The summed E-state index contributed by atoms with van der Waals surface area (Å²) in [4.78, 5) is 2.65. The molecule has 1 saturated heterocycles. The Kier molecular flexibility index (Phi) is 7.14. The predicted octanol–water partition coefficient (Wildman–Crippen LogP) is 3.28. The van der Waals surface area contributed by atoms with E-state index in [-0.39, 0.29) is 0 Å². The van der Waals surface area contributed by atoms with Gasteiger partial charge in [0.05, 0.1) is 0 Å². The topological polar surface area (TPSA) is 15.3 Å². The zero-order valence-electron chi connectivity index (χ0n) is 12.2. The van der Waals surface area contributed by atoms with Crippen molar-refractivity contribution >= 4 is 0 Å².